The molecule has 0 spiro atoms. The smallest absolute Gasteiger partial charge is 0.194 e. The van der Waals surface area contributed by atoms with Crippen LogP contribution in [0.15, 0.2) is 30.3 Å². The predicted molar refractivity (Wildman–Crippen MR) is 77.3 cm³/mol. The first-order chi connectivity index (χ1) is 8.86. The van der Waals surface area contributed by atoms with Gasteiger partial charge in [0.05, 0.1) is 0 Å². The highest BCUT2D eigenvalue weighted by atomic mass is 35.5. The number of halogens is 2. The summed E-state index contributed by atoms with van der Waals surface area (Å²) in [6, 6.07) is 9.39. The van der Waals surface area contributed by atoms with E-state index in [1.54, 1.807) is 6.07 Å². The summed E-state index contributed by atoms with van der Waals surface area (Å²) >= 11 is 11.7. The largest absolute Gasteiger partial charge is 0.454 e. The third-order valence-corrected chi connectivity index (χ3v) is 3.06. The molecular formula is C14H14Cl2N2O. The van der Waals surface area contributed by atoms with Gasteiger partial charge in [-0.1, -0.05) is 56.1 Å². The average Bonchev–Trinajstić information content (AvgIpc) is 2.33. The van der Waals surface area contributed by atoms with Crippen LogP contribution in [0.3, 0.4) is 0 Å². The summed E-state index contributed by atoms with van der Waals surface area (Å²) in [5.41, 5.74) is 1.23. The minimum Gasteiger partial charge on any atom is -0.454 e. The molecule has 5 heteroatoms. The van der Waals surface area contributed by atoms with Gasteiger partial charge in [-0.15, -0.1) is 10.2 Å². The molecule has 0 amide bonds. The Morgan fingerprint density at radius 3 is 2.47 bits per heavy atom. The van der Waals surface area contributed by atoms with Crippen LogP contribution in [0.1, 0.15) is 26.3 Å². The van der Waals surface area contributed by atoms with E-state index in [0.29, 0.717) is 11.5 Å². The quantitative estimate of drug-likeness (QED) is 0.793. The lowest BCUT2D eigenvalue weighted by Crippen LogP contribution is -2.10. The molecule has 0 saturated heterocycles. The molecule has 3 nitrogen and oxygen atoms in total. The molecule has 1 heterocycles. The Balaban J connectivity index is 2.31. The van der Waals surface area contributed by atoms with Crippen LogP contribution in [0, 0.1) is 0 Å². The number of nitrogens with zero attached hydrogens (tertiary/aromatic N) is 2. The first-order valence-corrected chi connectivity index (χ1v) is 6.59. The predicted octanol–water partition coefficient (Wildman–Crippen LogP) is 4.87. The van der Waals surface area contributed by atoms with Gasteiger partial charge in [-0.05, 0) is 23.1 Å². The lowest BCUT2D eigenvalue weighted by atomic mass is 9.87. The minimum atomic E-state index is 0.0529. The van der Waals surface area contributed by atoms with Gasteiger partial charge >= 0.3 is 0 Å². The second-order valence-corrected chi connectivity index (χ2v) is 5.95. The van der Waals surface area contributed by atoms with Crippen molar-refractivity contribution in [1.29, 1.82) is 0 Å². The van der Waals surface area contributed by atoms with Gasteiger partial charge in [-0.2, -0.15) is 0 Å². The zero-order valence-electron chi connectivity index (χ0n) is 10.9. The van der Waals surface area contributed by atoms with Crippen molar-refractivity contribution in [3.05, 3.63) is 46.2 Å². The Bertz CT molecular complexity index is 594. The van der Waals surface area contributed by atoms with E-state index >= 15 is 0 Å². The second-order valence-electron chi connectivity index (χ2n) is 5.20. The normalized spacial score (nSPS) is 11.4. The highest BCUT2D eigenvalue weighted by molar-refractivity contribution is 6.32. The van der Waals surface area contributed by atoms with Gasteiger partial charge in [-0.3, -0.25) is 0 Å². The van der Waals surface area contributed by atoms with Crippen LogP contribution in [0.2, 0.25) is 10.3 Å². The maximum atomic E-state index is 5.92. The van der Waals surface area contributed by atoms with Crippen molar-refractivity contribution in [3.8, 4) is 11.5 Å². The van der Waals surface area contributed by atoms with Gasteiger partial charge in [-0.25, -0.2) is 0 Å². The fourth-order valence-electron chi connectivity index (χ4n) is 1.56. The van der Waals surface area contributed by atoms with Gasteiger partial charge < -0.3 is 4.74 Å². The van der Waals surface area contributed by atoms with Crippen molar-refractivity contribution in [2.24, 2.45) is 0 Å². The second kappa shape index (κ2) is 5.35. The number of rotatable bonds is 2. The standard InChI is InChI=1S/C14H14Cl2N2O/c1-14(2,3)9-5-4-6-10(7-9)19-11-8-12(15)17-18-13(11)16/h4-8H,1-3H3. The van der Waals surface area contributed by atoms with Gasteiger partial charge in [0.1, 0.15) is 5.75 Å². The zero-order chi connectivity index (χ0) is 14.0. The van der Waals surface area contributed by atoms with Crippen LogP contribution in [0.5, 0.6) is 11.5 Å². The van der Waals surface area contributed by atoms with Crippen LogP contribution in [-0.4, -0.2) is 10.2 Å². The van der Waals surface area contributed by atoms with Crippen molar-refractivity contribution in [2.45, 2.75) is 26.2 Å². The minimum absolute atomic E-state index is 0.0529. The van der Waals surface area contributed by atoms with Crippen molar-refractivity contribution in [3.63, 3.8) is 0 Å². The first kappa shape index (κ1) is 14.1. The van der Waals surface area contributed by atoms with E-state index in [1.165, 1.54) is 5.56 Å². The van der Waals surface area contributed by atoms with E-state index in [1.807, 2.05) is 18.2 Å². The van der Waals surface area contributed by atoms with E-state index in [0.717, 1.165) is 0 Å². The van der Waals surface area contributed by atoms with Crippen LogP contribution < -0.4 is 4.74 Å². The Kier molecular flexibility index (Phi) is 3.97. The molecule has 2 aromatic rings. The van der Waals surface area contributed by atoms with E-state index in [4.69, 9.17) is 27.9 Å². The van der Waals surface area contributed by atoms with E-state index in [2.05, 4.69) is 37.0 Å². The Labute approximate surface area is 122 Å². The van der Waals surface area contributed by atoms with Crippen molar-refractivity contribution in [1.82, 2.24) is 10.2 Å². The molecule has 0 fully saturated rings. The topological polar surface area (TPSA) is 35.0 Å². The summed E-state index contributed by atoms with van der Waals surface area (Å²) in [7, 11) is 0. The van der Waals surface area contributed by atoms with Crippen molar-refractivity contribution < 1.29 is 4.74 Å². The summed E-state index contributed by atoms with van der Waals surface area (Å²) in [5.74, 6) is 1.09. The molecule has 0 aliphatic heterocycles. The number of aromatic nitrogens is 2. The fraction of sp³-hybridized carbons (Fsp3) is 0.286. The number of hydrogen-bond acceptors (Lipinski definition) is 3. The number of benzene rings is 1. The van der Waals surface area contributed by atoms with Crippen LogP contribution >= 0.6 is 23.2 Å². The van der Waals surface area contributed by atoms with Gasteiger partial charge in [0.15, 0.2) is 16.1 Å². The van der Waals surface area contributed by atoms with Gasteiger partial charge in [0, 0.05) is 6.07 Å². The molecule has 0 atom stereocenters. The van der Waals surface area contributed by atoms with Gasteiger partial charge in [0.25, 0.3) is 0 Å². The Morgan fingerprint density at radius 1 is 1.05 bits per heavy atom. The molecule has 0 saturated carbocycles. The molecule has 2 rings (SSSR count). The SMILES string of the molecule is CC(C)(C)c1cccc(Oc2cc(Cl)nnc2Cl)c1. The summed E-state index contributed by atoms with van der Waals surface area (Å²) in [4.78, 5) is 0. The first-order valence-electron chi connectivity index (χ1n) is 5.83. The van der Waals surface area contributed by atoms with Crippen LogP contribution in [0.4, 0.5) is 0 Å². The van der Waals surface area contributed by atoms with E-state index in [9.17, 15) is 0 Å². The Hall–Kier alpha value is -1.32. The maximum absolute atomic E-state index is 5.92. The average molecular weight is 297 g/mol. The summed E-state index contributed by atoms with van der Waals surface area (Å²) < 4.78 is 5.71. The van der Waals surface area contributed by atoms with Gasteiger partial charge in [0.2, 0.25) is 0 Å². The Morgan fingerprint density at radius 2 is 1.79 bits per heavy atom. The monoisotopic (exact) mass is 296 g/mol. The highest BCUT2D eigenvalue weighted by Gasteiger charge is 2.14. The van der Waals surface area contributed by atoms with E-state index < -0.39 is 0 Å². The molecule has 1 aromatic carbocycles. The third kappa shape index (κ3) is 3.58. The lowest BCUT2D eigenvalue weighted by Gasteiger charge is -2.19. The number of hydrogen-bond donors (Lipinski definition) is 0. The third-order valence-electron chi connectivity index (χ3n) is 2.61. The fourth-order valence-corrected chi connectivity index (χ4v) is 1.83. The van der Waals surface area contributed by atoms with Crippen LogP contribution in [0.25, 0.3) is 0 Å². The van der Waals surface area contributed by atoms with E-state index in [-0.39, 0.29) is 15.7 Å². The van der Waals surface area contributed by atoms with Crippen molar-refractivity contribution in [2.75, 3.05) is 0 Å². The summed E-state index contributed by atoms with van der Waals surface area (Å²) in [6.45, 7) is 6.43. The highest BCUT2D eigenvalue weighted by Crippen LogP contribution is 2.31. The molecule has 0 radical (unpaired) electrons. The molecule has 0 aliphatic rings. The maximum Gasteiger partial charge on any atom is 0.194 e. The summed E-state index contributed by atoms with van der Waals surface area (Å²) in [6.07, 6.45) is 0. The molecule has 1 aromatic heterocycles. The molecule has 100 valence electrons. The lowest BCUT2D eigenvalue weighted by molar-refractivity contribution is 0.475. The van der Waals surface area contributed by atoms with Crippen LogP contribution in [-0.2, 0) is 5.41 Å². The zero-order valence-corrected chi connectivity index (χ0v) is 12.5. The molecule has 0 bridgehead atoms. The molecule has 0 N–H and O–H groups in total. The molecule has 0 unspecified atom stereocenters. The number of ether oxygens (including phenoxy) is 1. The molecular weight excluding hydrogens is 283 g/mol. The summed E-state index contributed by atoms with van der Waals surface area (Å²) in [5, 5.41) is 7.77. The molecule has 0 aliphatic carbocycles. The van der Waals surface area contributed by atoms with Crippen molar-refractivity contribution >= 4 is 23.2 Å². The molecule has 19 heavy (non-hydrogen) atoms.